The van der Waals surface area contributed by atoms with Crippen LogP contribution in [0.3, 0.4) is 0 Å². The topological polar surface area (TPSA) is 144 Å². The molecular formula is C41H65N3O7. The highest BCUT2D eigenvalue weighted by Gasteiger charge is 2.85. The molecule has 10 nitrogen and oxygen atoms in total. The molecule has 2 aliphatic heterocycles. The summed E-state index contributed by atoms with van der Waals surface area (Å²) in [6.07, 6.45) is 7.06. The molecule has 2 heterocycles. The van der Waals surface area contributed by atoms with Gasteiger partial charge in [0.1, 0.15) is 5.78 Å². The quantitative estimate of drug-likeness (QED) is 0.234. The minimum Gasteiger partial charge on any atom is -0.372 e. The number of Topliss-reactive ketones (excluding diaryl/α,β-unsaturated/α-hetero) is 3. The van der Waals surface area contributed by atoms with Gasteiger partial charge >= 0.3 is 0 Å². The van der Waals surface area contributed by atoms with Crippen molar-refractivity contribution in [3.63, 3.8) is 0 Å². The Kier molecular flexibility index (Phi) is 11.1. The largest absolute Gasteiger partial charge is 0.372 e. The first-order valence-corrected chi connectivity index (χ1v) is 19.8. The lowest BCUT2D eigenvalue weighted by Gasteiger charge is -2.38. The van der Waals surface area contributed by atoms with Gasteiger partial charge in [-0.05, 0) is 67.6 Å². The van der Waals surface area contributed by atoms with Crippen molar-refractivity contribution in [2.75, 3.05) is 19.6 Å². The summed E-state index contributed by atoms with van der Waals surface area (Å²) < 4.78 is 5.84. The number of rotatable bonds is 14. The molecule has 5 fully saturated rings. The van der Waals surface area contributed by atoms with Crippen molar-refractivity contribution in [2.24, 2.45) is 57.0 Å². The zero-order valence-corrected chi connectivity index (χ0v) is 32.8. The van der Waals surface area contributed by atoms with Gasteiger partial charge in [-0.2, -0.15) is 0 Å². The number of amides is 3. The summed E-state index contributed by atoms with van der Waals surface area (Å²) in [6.45, 7) is 19.7. The standard InChI is InChI=1S/C41H65N3O7/c1-24(2)30(36(49)43-21-25(3)51-26(4)22-43)18-29(45)19-31(38(5,6)7)37(50)44-23-41(39(8,9)40(41)14-11-15-40)20-32(44)33(46)17-28(34(47)35(42)48)16-27-12-10-13-27/h24-28,30-32H,10-23H2,1-9H3,(H2,42,48)/t25-,26-,28?,30-,31+,32-,41+/m0/s1. The van der Waals surface area contributed by atoms with E-state index in [4.69, 9.17) is 10.5 Å². The van der Waals surface area contributed by atoms with E-state index in [1.165, 1.54) is 0 Å². The lowest BCUT2D eigenvalue weighted by molar-refractivity contribution is -0.151. The van der Waals surface area contributed by atoms with Crippen LogP contribution in [-0.2, 0) is 33.5 Å². The van der Waals surface area contributed by atoms with Gasteiger partial charge in [-0.25, -0.2) is 0 Å². The third-order valence-corrected chi connectivity index (χ3v) is 14.4. The van der Waals surface area contributed by atoms with E-state index in [1.807, 2.05) is 53.4 Å². The van der Waals surface area contributed by atoms with Crippen molar-refractivity contribution in [1.29, 1.82) is 0 Å². The second-order valence-electron chi connectivity index (χ2n) is 19.2. The number of nitrogens with two attached hydrogens (primary N) is 1. The van der Waals surface area contributed by atoms with E-state index < -0.39 is 40.9 Å². The Morgan fingerprint density at radius 2 is 1.47 bits per heavy atom. The highest BCUT2D eigenvalue weighted by Crippen LogP contribution is 2.88. The van der Waals surface area contributed by atoms with Gasteiger partial charge in [-0.15, -0.1) is 0 Å². The summed E-state index contributed by atoms with van der Waals surface area (Å²) in [5.74, 6) is -4.02. The fraction of sp³-hybridized carbons (Fsp3) is 0.854. The minimum absolute atomic E-state index is 0.0157. The molecule has 0 aromatic rings. The molecule has 0 bridgehead atoms. The molecule has 7 atom stereocenters. The van der Waals surface area contributed by atoms with E-state index in [0.29, 0.717) is 38.4 Å². The fourth-order valence-electron chi connectivity index (χ4n) is 10.8. The summed E-state index contributed by atoms with van der Waals surface area (Å²) in [5, 5.41) is 0. The third kappa shape index (κ3) is 7.20. The van der Waals surface area contributed by atoms with E-state index in [-0.39, 0.29) is 77.0 Å². The number of nitrogens with zero attached hydrogens (tertiary/aromatic N) is 2. The molecule has 0 radical (unpaired) electrons. The zero-order valence-electron chi connectivity index (χ0n) is 32.8. The van der Waals surface area contributed by atoms with Crippen molar-refractivity contribution in [2.45, 2.75) is 151 Å². The monoisotopic (exact) mass is 711 g/mol. The highest BCUT2D eigenvalue weighted by molar-refractivity contribution is 6.36. The molecule has 3 amide bonds. The van der Waals surface area contributed by atoms with Gasteiger partial charge in [0.15, 0.2) is 5.78 Å². The Labute approximate surface area is 305 Å². The van der Waals surface area contributed by atoms with Crippen LogP contribution >= 0.6 is 0 Å². The number of hydrogen-bond acceptors (Lipinski definition) is 7. The molecule has 10 heteroatoms. The molecule has 5 rings (SSSR count). The number of ketones is 3. The Hall–Kier alpha value is -2.62. The summed E-state index contributed by atoms with van der Waals surface area (Å²) in [7, 11) is 0. The molecule has 0 aromatic carbocycles. The van der Waals surface area contributed by atoms with Gasteiger partial charge < -0.3 is 20.3 Å². The highest BCUT2D eigenvalue weighted by atomic mass is 16.5. The number of carbonyl (C=O) groups is 6. The van der Waals surface area contributed by atoms with E-state index in [0.717, 1.165) is 38.5 Å². The van der Waals surface area contributed by atoms with Gasteiger partial charge in [0.2, 0.25) is 17.6 Å². The van der Waals surface area contributed by atoms with Gasteiger partial charge in [-0.3, -0.25) is 28.8 Å². The molecule has 2 spiro atoms. The van der Waals surface area contributed by atoms with Crippen LogP contribution in [0.15, 0.2) is 0 Å². The van der Waals surface area contributed by atoms with Crippen molar-refractivity contribution < 1.29 is 33.5 Å². The van der Waals surface area contributed by atoms with E-state index in [9.17, 15) is 28.8 Å². The van der Waals surface area contributed by atoms with Gasteiger partial charge in [-0.1, -0.05) is 74.1 Å². The summed E-state index contributed by atoms with van der Waals surface area (Å²) in [5.41, 5.74) is 4.69. The lowest BCUT2D eigenvalue weighted by atomic mass is 9.73. The van der Waals surface area contributed by atoms with Crippen LogP contribution in [0.4, 0.5) is 0 Å². The second-order valence-corrected chi connectivity index (χ2v) is 19.2. The normalized spacial score (nSPS) is 30.0. The first kappa shape index (κ1) is 39.6. The molecule has 0 aromatic heterocycles. The average molecular weight is 712 g/mol. The van der Waals surface area contributed by atoms with Crippen LogP contribution in [0.2, 0.25) is 0 Å². The zero-order chi connectivity index (χ0) is 37.8. The van der Waals surface area contributed by atoms with Crippen molar-refractivity contribution in [3.05, 3.63) is 0 Å². The van der Waals surface area contributed by atoms with Gasteiger partial charge in [0, 0.05) is 62.1 Å². The molecule has 286 valence electrons. The number of likely N-dealkylation sites (tertiary alicyclic amines) is 1. The van der Waals surface area contributed by atoms with E-state index in [1.54, 1.807) is 4.90 Å². The number of primary amides is 1. The van der Waals surface area contributed by atoms with Crippen LogP contribution in [-0.4, -0.2) is 82.8 Å². The molecular weight excluding hydrogens is 646 g/mol. The Morgan fingerprint density at radius 1 is 0.863 bits per heavy atom. The predicted molar refractivity (Wildman–Crippen MR) is 194 cm³/mol. The first-order chi connectivity index (χ1) is 23.7. The van der Waals surface area contributed by atoms with Crippen LogP contribution in [0.1, 0.15) is 133 Å². The van der Waals surface area contributed by atoms with E-state index in [2.05, 4.69) is 13.8 Å². The molecule has 3 saturated carbocycles. The molecule has 3 aliphatic carbocycles. The summed E-state index contributed by atoms with van der Waals surface area (Å²) in [4.78, 5) is 85.7. The van der Waals surface area contributed by atoms with Crippen molar-refractivity contribution >= 4 is 35.1 Å². The van der Waals surface area contributed by atoms with Crippen LogP contribution < -0.4 is 5.73 Å². The van der Waals surface area contributed by atoms with Crippen LogP contribution in [0, 0.1) is 51.2 Å². The minimum atomic E-state index is -1.01. The molecule has 51 heavy (non-hydrogen) atoms. The van der Waals surface area contributed by atoms with Crippen molar-refractivity contribution in [3.8, 4) is 0 Å². The summed E-state index contributed by atoms with van der Waals surface area (Å²) >= 11 is 0. The average Bonchev–Trinajstić information content (AvgIpc) is 3.20. The maximum Gasteiger partial charge on any atom is 0.285 e. The lowest BCUT2D eigenvalue weighted by Crippen LogP contribution is -2.51. The third-order valence-electron chi connectivity index (χ3n) is 14.4. The maximum atomic E-state index is 14.9. The number of morpholine rings is 1. The Bertz CT molecular complexity index is 1400. The maximum absolute atomic E-state index is 14.9. The fourth-order valence-corrected chi connectivity index (χ4v) is 10.8. The van der Waals surface area contributed by atoms with Crippen LogP contribution in [0.5, 0.6) is 0 Å². The number of carbonyl (C=O) groups excluding carboxylic acids is 6. The smallest absolute Gasteiger partial charge is 0.285 e. The Morgan fingerprint density at radius 3 is 1.92 bits per heavy atom. The molecule has 5 aliphatic rings. The number of fused-ring (bicyclic) bond motifs is 1. The second kappa shape index (κ2) is 14.3. The predicted octanol–water partition coefficient (Wildman–Crippen LogP) is 5.52. The SMILES string of the molecule is CC(C)[C@H](CC(=O)C[C@H](C(=O)N1C[C@]2(C[C@H]1C(=O)CC(CC1CCC1)C(=O)C(N)=O)C(C)(C)C21CCC1)C(C)(C)C)C(=O)N1C[C@H](C)O[C@@H](C)C1. The molecule has 2 N–H and O–H groups in total. The first-order valence-electron chi connectivity index (χ1n) is 19.8. The van der Waals surface area contributed by atoms with E-state index >= 15 is 0 Å². The summed E-state index contributed by atoms with van der Waals surface area (Å²) in [6, 6.07) is -0.725. The molecule has 2 saturated heterocycles. The molecule has 1 unspecified atom stereocenters. The van der Waals surface area contributed by atoms with Crippen molar-refractivity contribution in [1.82, 2.24) is 9.80 Å². The number of ether oxygens (including phenoxy) is 1. The van der Waals surface area contributed by atoms with Gasteiger partial charge in [0.05, 0.1) is 18.2 Å². The number of hydrogen-bond donors (Lipinski definition) is 1. The Balaban J connectivity index is 1.38. The van der Waals surface area contributed by atoms with Gasteiger partial charge in [0.25, 0.3) is 5.91 Å². The van der Waals surface area contributed by atoms with Crippen LogP contribution in [0.25, 0.3) is 0 Å².